The molecule has 3 amide bonds. The maximum Gasteiger partial charge on any atom is 0.254 e. The summed E-state index contributed by atoms with van der Waals surface area (Å²) in [5, 5.41) is 0. The zero-order valence-electron chi connectivity index (χ0n) is 15.0. The van der Waals surface area contributed by atoms with Gasteiger partial charge in [-0.1, -0.05) is 6.07 Å². The van der Waals surface area contributed by atoms with E-state index in [2.05, 4.69) is 0 Å². The van der Waals surface area contributed by atoms with Gasteiger partial charge in [-0.05, 0) is 31.0 Å². The molecular formula is C19H24FN3O3. The zero-order chi connectivity index (χ0) is 18.7. The summed E-state index contributed by atoms with van der Waals surface area (Å²) >= 11 is 0. The molecule has 2 aliphatic heterocycles. The van der Waals surface area contributed by atoms with Crippen molar-refractivity contribution >= 4 is 17.7 Å². The van der Waals surface area contributed by atoms with Crippen LogP contribution in [0, 0.1) is 11.7 Å². The summed E-state index contributed by atoms with van der Waals surface area (Å²) in [6.45, 7) is 4.70. The van der Waals surface area contributed by atoms with Crippen molar-refractivity contribution in [2.45, 2.75) is 19.8 Å². The fourth-order valence-electron chi connectivity index (χ4n) is 3.63. The van der Waals surface area contributed by atoms with Crippen LogP contribution in [0.2, 0.25) is 0 Å². The van der Waals surface area contributed by atoms with Gasteiger partial charge in [0, 0.05) is 57.7 Å². The van der Waals surface area contributed by atoms with Crippen molar-refractivity contribution in [3.05, 3.63) is 35.6 Å². The summed E-state index contributed by atoms with van der Waals surface area (Å²) in [7, 11) is 0. The fraction of sp³-hybridized carbons (Fsp3) is 0.526. The first kappa shape index (κ1) is 18.4. The molecule has 6 nitrogen and oxygen atoms in total. The molecule has 1 aromatic rings. The number of piperidine rings is 1. The number of carbonyl (C=O) groups excluding carboxylic acids is 3. The van der Waals surface area contributed by atoms with Gasteiger partial charge in [0.05, 0.1) is 0 Å². The monoisotopic (exact) mass is 361 g/mol. The second-order valence-electron chi connectivity index (χ2n) is 6.91. The van der Waals surface area contributed by atoms with Gasteiger partial charge >= 0.3 is 0 Å². The predicted octanol–water partition coefficient (Wildman–Crippen LogP) is 1.37. The number of rotatable bonds is 2. The van der Waals surface area contributed by atoms with Crippen LogP contribution in [-0.4, -0.2) is 71.7 Å². The smallest absolute Gasteiger partial charge is 0.254 e. The molecule has 0 atom stereocenters. The quantitative estimate of drug-likeness (QED) is 0.799. The van der Waals surface area contributed by atoms with Gasteiger partial charge in [0.15, 0.2) is 0 Å². The molecule has 0 N–H and O–H groups in total. The van der Waals surface area contributed by atoms with E-state index in [-0.39, 0.29) is 23.6 Å². The van der Waals surface area contributed by atoms with Gasteiger partial charge in [0.2, 0.25) is 11.8 Å². The van der Waals surface area contributed by atoms with Crippen LogP contribution >= 0.6 is 0 Å². The van der Waals surface area contributed by atoms with E-state index in [1.807, 2.05) is 4.90 Å². The zero-order valence-corrected chi connectivity index (χ0v) is 15.0. The number of hydrogen-bond donors (Lipinski definition) is 0. The minimum absolute atomic E-state index is 0.0453. The Balaban J connectivity index is 1.51. The normalized spacial score (nSPS) is 18.8. The van der Waals surface area contributed by atoms with E-state index in [4.69, 9.17) is 0 Å². The molecule has 0 radical (unpaired) electrons. The van der Waals surface area contributed by atoms with Crippen molar-refractivity contribution < 1.29 is 18.8 Å². The molecule has 2 fully saturated rings. The van der Waals surface area contributed by atoms with Crippen molar-refractivity contribution in [2.24, 2.45) is 5.92 Å². The number of carbonyl (C=O) groups is 3. The summed E-state index contributed by atoms with van der Waals surface area (Å²) in [6.07, 6.45) is 1.39. The average molecular weight is 361 g/mol. The van der Waals surface area contributed by atoms with Crippen LogP contribution in [0.15, 0.2) is 24.3 Å². The maximum absolute atomic E-state index is 13.3. The van der Waals surface area contributed by atoms with Gasteiger partial charge in [0.25, 0.3) is 5.91 Å². The highest BCUT2D eigenvalue weighted by Crippen LogP contribution is 2.21. The van der Waals surface area contributed by atoms with Crippen molar-refractivity contribution in [1.29, 1.82) is 0 Å². The Morgan fingerprint density at radius 3 is 2.12 bits per heavy atom. The van der Waals surface area contributed by atoms with Gasteiger partial charge < -0.3 is 14.7 Å². The molecule has 0 unspecified atom stereocenters. The lowest BCUT2D eigenvalue weighted by Gasteiger charge is -2.38. The number of hydrogen-bond acceptors (Lipinski definition) is 3. The molecule has 2 saturated heterocycles. The lowest BCUT2D eigenvalue weighted by molar-refractivity contribution is -0.141. The molecular weight excluding hydrogens is 337 g/mol. The fourth-order valence-corrected chi connectivity index (χ4v) is 3.63. The first-order valence-corrected chi connectivity index (χ1v) is 9.05. The highest BCUT2D eigenvalue weighted by Gasteiger charge is 2.32. The van der Waals surface area contributed by atoms with E-state index < -0.39 is 5.82 Å². The Kier molecular flexibility index (Phi) is 5.54. The van der Waals surface area contributed by atoms with Gasteiger partial charge in [-0.25, -0.2) is 4.39 Å². The Labute approximate surface area is 152 Å². The Hall–Kier alpha value is -2.44. The summed E-state index contributed by atoms with van der Waals surface area (Å²) < 4.78 is 13.3. The molecule has 2 heterocycles. The molecule has 0 aliphatic carbocycles. The van der Waals surface area contributed by atoms with Gasteiger partial charge in [-0.3, -0.25) is 14.4 Å². The van der Waals surface area contributed by atoms with Crippen molar-refractivity contribution in [2.75, 3.05) is 39.3 Å². The first-order chi connectivity index (χ1) is 12.5. The van der Waals surface area contributed by atoms with E-state index in [0.717, 1.165) is 0 Å². The Bertz CT molecular complexity index is 693. The third-order valence-electron chi connectivity index (χ3n) is 5.24. The Morgan fingerprint density at radius 2 is 1.54 bits per heavy atom. The van der Waals surface area contributed by atoms with E-state index in [9.17, 15) is 18.8 Å². The standard InChI is InChI=1S/C19H24FN3O3/c1-14(24)21-7-5-15(6-8-21)18(25)22-9-11-23(12-10-22)19(26)16-3-2-4-17(20)13-16/h2-4,13,15H,5-12H2,1H3. The number of piperazine rings is 1. The van der Waals surface area contributed by atoms with E-state index in [0.29, 0.717) is 57.7 Å². The molecule has 1 aromatic carbocycles. The van der Waals surface area contributed by atoms with Gasteiger partial charge in [-0.2, -0.15) is 0 Å². The van der Waals surface area contributed by atoms with Crippen molar-refractivity contribution in [1.82, 2.24) is 14.7 Å². The second-order valence-corrected chi connectivity index (χ2v) is 6.91. The summed E-state index contributed by atoms with van der Waals surface area (Å²) in [6, 6.07) is 5.68. The molecule has 0 aromatic heterocycles. The number of nitrogens with zero attached hydrogens (tertiary/aromatic N) is 3. The molecule has 3 rings (SSSR count). The maximum atomic E-state index is 13.3. The van der Waals surface area contributed by atoms with Crippen LogP contribution in [0.25, 0.3) is 0 Å². The molecule has 0 spiro atoms. The number of halogens is 1. The lowest BCUT2D eigenvalue weighted by atomic mass is 9.95. The third-order valence-corrected chi connectivity index (χ3v) is 5.24. The molecule has 26 heavy (non-hydrogen) atoms. The first-order valence-electron chi connectivity index (χ1n) is 9.05. The van der Waals surface area contributed by atoms with Crippen LogP contribution < -0.4 is 0 Å². The van der Waals surface area contributed by atoms with E-state index >= 15 is 0 Å². The summed E-state index contributed by atoms with van der Waals surface area (Å²) in [4.78, 5) is 41.8. The number of likely N-dealkylation sites (tertiary alicyclic amines) is 1. The van der Waals surface area contributed by atoms with Crippen LogP contribution in [-0.2, 0) is 9.59 Å². The largest absolute Gasteiger partial charge is 0.343 e. The lowest BCUT2D eigenvalue weighted by Crippen LogP contribution is -2.53. The number of benzene rings is 1. The minimum Gasteiger partial charge on any atom is -0.343 e. The third kappa shape index (κ3) is 4.03. The highest BCUT2D eigenvalue weighted by atomic mass is 19.1. The van der Waals surface area contributed by atoms with Crippen LogP contribution in [0.4, 0.5) is 4.39 Å². The minimum atomic E-state index is -0.429. The van der Waals surface area contributed by atoms with Crippen LogP contribution in [0.5, 0.6) is 0 Å². The SMILES string of the molecule is CC(=O)N1CCC(C(=O)N2CCN(C(=O)c3cccc(F)c3)CC2)CC1. The number of amides is 3. The molecule has 7 heteroatoms. The topological polar surface area (TPSA) is 60.9 Å². The van der Waals surface area contributed by atoms with E-state index in [1.165, 1.54) is 18.2 Å². The average Bonchev–Trinajstić information content (AvgIpc) is 2.67. The van der Waals surface area contributed by atoms with Crippen LogP contribution in [0.3, 0.4) is 0 Å². The van der Waals surface area contributed by atoms with Gasteiger partial charge in [-0.15, -0.1) is 0 Å². The molecule has 2 aliphatic rings. The Morgan fingerprint density at radius 1 is 0.923 bits per heavy atom. The van der Waals surface area contributed by atoms with E-state index in [1.54, 1.807) is 22.8 Å². The van der Waals surface area contributed by atoms with Gasteiger partial charge in [0.1, 0.15) is 5.82 Å². The molecule has 140 valence electrons. The van der Waals surface area contributed by atoms with Crippen molar-refractivity contribution in [3.8, 4) is 0 Å². The van der Waals surface area contributed by atoms with Crippen LogP contribution in [0.1, 0.15) is 30.1 Å². The summed E-state index contributed by atoms with van der Waals surface area (Å²) in [5.74, 6) is -0.504. The predicted molar refractivity (Wildman–Crippen MR) is 93.9 cm³/mol. The molecule has 0 bridgehead atoms. The highest BCUT2D eigenvalue weighted by molar-refractivity contribution is 5.94. The van der Waals surface area contributed by atoms with Crippen molar-refractivity contribution in [3.63, 3.8) is 0 Å². The second kappa shape index (κ2) is 7.85. The molecule has 0 saturated carbocycles. The summed E-state index contributed by atoms with van der Waals surface area (Å²) in [5.41, 5.74) is 0.335.